The number of benzene rings is 1. The van der Waals surface area contributed by atoms with Crippen LogP contribution in [-0.4, -0.2) is 39.0 Å². The summed E-state index contributed by atoms with van der Waals surface area (Å²) in [5, 5.41) is 2.92. The molecule has 2 N–H and O–H groups in total. The zero-order valence-electron chi connectivity index (χ0n) is 16.0. The van der Waals surface area contributed by atoms with E-state index in [1.807, 2.05) is 6.92 Å². The van der Waals surface area contributed by atoms with Crippen LogP contribution in [0.5, 0.6) is 0 Å². The minimum atomic E-state index is -3.81. The van der Waals surface area contributed by atoms with E-state index in [4.69, 9.17) is 4.74 Å². The van der Waals surface area contributed by atoms with Crippen LogP contribution in [0.3, 0.4) is 0 Å². The van der Waals surface area contributed by atoms with E-state index in [0.29, 0.717) is 5.92 Å². The molecule has 0 heterocycles. The van der Waals surface area contributed by atoms with Crippen molar-refractivity contribution in [3.05, 3.63) is 29.8 Å². The fraction of sp³-hybridized carbons (Fsp3) is 0.579. The maximum absolute atomic E-state index is 12.2. The molecule has 1 fully saturated rings. The van der Waals surface area contributed by atoms with Crippen molar-refractivity contribution in [1.29, 1.82) is 0 Å². The fourth-order valence-corrected chi connectivity index (χ4v) is 4.05. The molecule has 2 rings (SSSR count). The third-order valence-electron chi connectivity index (χ3n) is 4.85. The molecule has 1 saturated carbocycles. The van der Waals surface area contributed by atoms with Crippen molar-refractivity contribution in [2.45, 2.75) is 63.5 Å². The van der Waals surface area contributed by atoms with Gasteiger partial charge in [0, 0.05) is 6.04 Å². The first-order valence-electron chi connectivity index (χ1n) is 9.25. The van der Waals surface area contributed by atoms with Crippen molar-refractivity contribution in [2.24, 2.45) is 5.92 Å². The van der Waals surface area contributed by atoms with Crippen LogP contribution in [0.25, 0.3) is 0 Å². The molecular formula is C19H28N2O5S. The quantitative estimate of drug-likeness (QED) is 0.686. The number of carbonyl (C=O) groups is 2. The monoisotopic (exact) mass is 396 g/mol. The summed E-state index contributed by atoms with van der Waals surface area (Å²) in [6.07, 6.45) is 3.25. The molecule has 0 bridgehead atoms. The predicted molar refractivity (Wildman–Crippen MR) is 101 cm³/mol. The van der Waals surface area contributed by atoms with Crippen LogP contribution in [0.4, 0.5) is 0 Å². The second-order valence-corrected chi connectivity index (χ2v) is 8.91. The highest BCUT2D eigenvalue weighted by Crippen LogP contribution is 2.23. The van der Waals surface area contributed by atoms with Crippen LogP contribution in [0, 0.1) is 12.8 Å². The molecule has 1 aromatic carbocycles. The minimum absolute atomic E-state index is 0.0676. The standard InChI is InChI=1S/C19H28N2O5S/c1-13-8-10-16(11-9-13)27(24,25)20-12-18(22)26-15(3)19(23)21-17-7-5-4-6-14(17)2/h8-11,14-15,17,20H,4-7,12H2,1-3H3,(H,21,23)/t14-,15-,17-/m0/s1. The minimum Gasteiger partial charge on any atom is -0.452 e. The van der Waals surface area contributed by atoms with E-state index in [-0.39, 0.29) is 16.8 Å². The molecule has 7 nitrogen and oxygen atoms in total. The molecule has 0 saturated heterocycles. The molecule has 8 heteroatoms. The average Bonchev–Trinajstić information content (AvgIpc) is 2.62. The number of hydrogen-bond donors (Lipinski definition) is 2. The lowest BCUT2D eigenvalue weighted by atomic mass is 9.86. The molecule has 1 amide bonds. The molecule has 3 atom stereocenters. The van der Waals surface area contributed by atoms with E-state index in [2.05, 4.69) is 17.0 Å². The van der Waals surface area contributed by atoms with Crippen molar-refractivity contribution in [3.8, 4) is 0 Å². The Hall–Kier alpha value is -1.93. The topological polar surface area (TPSA) is 102 Å². The molecule has 1 aliphatic carbocycles. The average molecular weight is 397 g/mol. The Morgan fingerprint density at radius 1 is 1.19 bits per heavy atom. The van der Waals surface area contributed by atoms with Crippen molar-refractivity contribution in [1.82, 2.24) is 10.0 Å². The lowest BCUT2D eigenvalue weighted by Crippen LogP contribution is -2.46. The highest BCUT2D eigenvalue weighted by molar-refractivity contribution is 7.89. The van der Waals surface area contributed by atoms with Gasteiger partial charge in [0.25, 0.3) is 5.91 Å². The van der Waals surface area contributed by atoms with Crippen LogP contribution < -0.4 is 10.0 Å². The molecule has 0 unspecified atom stereocenters. The summed E-state index contributed by atoms with van der Waals surface area (Å²) in [4.78, 5) is 24.2. The Morgan fingerprint density at radius 3 is 2.44 bits per heavy atom. The van der Waals surface area contributed by atoms with E-state index in [1.54, 1.807) is 12.1 Å². The van der Waals surface area contributed by atoms with Gasteiger partial charge in [0.15, 0.2) is 6.10 Å². The summed E-state index contributed by atoms with van der Waals surface area (Å²) in [5.41, 5.74) is 0.931. The van der Waals surface area contributed by atoms with Gasteiger partial charge in [-0.25, -0.2) is 8.42 Å². The third kappa shape index (κ3) is 6.32. The summed E-state index contributed by atoms with van der Waals surface area (Å²) >= 11 is 0. The number of aryl methyl sites for hydroxylation is 1. The van der Waals surface area contributed by atoms with E-state index in [0.717, 1.165) is 24.8 Å². The van der Waals surface area contributed by atoms with Crippen LogP contribution in [0.15, 0.2) is 29.2 Å². The van der Waals surface area contributed by atoms with Crippen molar-refractivity contribution < 1.29 is 22.7 Å². The molecular weight excluding hydrogens is 368 g/mol. The normalized spacial score (nSPS) is 21.3. The van der Waals surface area contributed by atoms with Crippen LogP contribution in [0.1, 0.15) is 45.1 Å². The number of carbonyl (C=O) groups excluding carboxylic acids is 2. The van der Waals surface area contributed by atoms with Crippen molar-refractivity contribution in [3.63, 3.8) is 0 Å². The van der Waals surface area contributed by atoms with Crippen molar-refractivity contribution in [2.75, 3.05) is 6.54 Å². The van der Waals surface area contributed by atoms with Gasteiger partial charge in [-0.1, -0.05) is 37.5 Å². The Labute approximate surface area is 160 Å². The van der Waals surface area contributed by atoms with Crippen LogP contribution in [0.2, 0.25) is 0 Å². The number of ether oxygens (including phenoxy) is 1. The smallest absolute Gasteiger partial charge is 0.321 e. The Morgan fingerprint density at radius 2 is 1.81 bits per heavy atom. The van der Waals surface area contributed by atoms with Crippen molar-refractivity contribution >= 4 is 21.9 Å². The SMILES string of the molecule is Cc1ccc(S(=O)(=O)NCC(=O)O[C@@H](C)C(=O)N[C@H]2CCCC[C@@H]2C)cc1. The first-order chi connectivity index (χ1) is 12.7. The van der Waals surface area contributed by atoms with Gasteiger partial charge in [0.1, 0.15) is 6.54 Å². The molecule has 150 valence electrons. The summed E-state index contributed by atoms with van der Waals surface area (Å²) in [5.74, 6) is -0.763. The van der Waals surface area contributed by atoms with E-state index >= 15 is 0 Å². The van der Waals surface area contributed by atoms with E-state index in [9.17, 15) is 18.0 Å². The fourth-order valence-electron chi connectivity index (χ4n) is 3.08. The summed E-state index contributed by atoms with van der Waals surface area (Å²) < 4.78 is 31.6. The maximum Gasteiger partial charge on any atom is 0.321 e. The molecule has 0 aromatic heterocycles. The molecule has 0 spiro atoms. The number of sulfonamides is 1. The first kappa shape index (κ1) is 21.4. The van der Waals surface area contributed by atoms with Gasteiger partial charge in [-0.05, 0) is 44.7 Å². The zero-order chi connectivity index (χ0) is 20.0. The largest absolute Gasteiger partial charge is 0.452 e. The van der Waals surface area contributed by atoms with E-state index < -0.39 is 28.6 Å². The second kappa shape index (κ2) is 9.32. The molecule has 1 aliphatic rings. The number of amides is 1. The number of rotatable bonds is 7. The van der Waals surface area contributed by atoms with Gasteiger partial charge < -0.3 is 10.1 Å². The Kier molecular flexibility index (Phi) is 7.38. The van der Waals surface area contributed by atoms with Crippen LogP contribution in [-0.2, 0) is 24.3 Å². The lowest BCUT2D eigenvalue weighted by Gasteiger charge is -2.30. The maximum atomic E-state index is 12.2. The predicted octanol–water partition coefficient (Wildman–Crippen LogP) is 1.90. The second-order valence-electron chi connectivity index (χ2n) is 7.15. The van der Waals surface area contributed by atoms with Gasteiger partial charge in [0.05, 0.1) is 4.90 Å². The molecule has 0 aliphatic heterocycles. The number of hydrogen-bond acceptors (Lipinski definition) is 5. The van der Waals surface area contributed by atoms with Gasteiger partial charge in [-0.3, -0.25) is 9.59 Å². The zero-order valence-corrected chi connectivity index (χ0v) is 16.8. The van der Waals surface area contributed by atoms with E-state index in [1.165, 1.54) is 25.5 Å². The number of nitrogens with one attached hydrogen (secondary N) is 2. The molecule has 27 heavy (non-hydrogen) atoms. The van der Waals surface area contributed by atoms with Gasteiger partial charge >= 0.3 is 5.97 Å². The van der Waals surface area contributed by atoms with Gasteiger partial charge in [-0.2, -0.15) is 4.72 Å². The summed E-state index contributed by atoms with van der Waals surface area (Å²) in [6, 6.07) is 6.36. The molecule has 0 radical (unpaired) electrons. The Bertz CT molecular complexity index is 761. The summed E-state index contributed by atoms with van der Waals surface area (Å²) in [6.45, 7) is 4.89. The number of esters is 1. The highest BCUT2D eigenvalue weighted by atomic mass is 32.2. The van der Waals surface area contributed by atoms with Gasteiger partial charge in [0.2, 0.25) is 10.0 Å². The third-order valence-corrected chi connectivity index (χ3v) is 6.27. The van der Waals surface area contributed by atoms with Gasteiger partial charge in [-0.15, -0.1) is 0 Å². The Balaban J connectivity index is 1.81. The highest BCUT2D eigenvalue weighted by Gasteiger charge is 2.26. The summed E-state index contributed by atoms with van der Waals surface area (Å²) in [7, 11) is -3.81. The molecule has 1 aromatic rings. The van der Waals surface area contributed by atoms with Crippen LogP contribution >= 0.6 is 0 Å². The first-order valence-corrected chi connectivity index (χ1v) is 10.7. The lowest BCUT2D eigenvalue weighted by molar-refractivity contribution is -0.154.